The maximum Gasteiger partial charge on any atom is 0.311 e. The predicted molar refractivity (Wildman–Crippen MR) is 123 cm³/mol. The fraction of sp³-hybridized carbons (Fsp3) is 0.667. The summed E-state index contributed by atoms with van der Waals surface area (Å²) in [6.45, 7) is 6.57. The maximum atomic E-state index is 12.9. The van der Waals surface area contributed by atoms with E-state index in [9.17, 15) is 15.0 Å². The van der Waals surface area contributed by atoms with E-state index in [0.717, 1.165) is 37.9 Å². The molecule has 2 saturated heterocycles. The van der Waals surface area contributed by atoms with E-state index in [1.54, 1.807) is 0 Å². The molecule has 4 aliphatic rings. The summed E-state index contributed by atoms with van der Waals surface area (Å²) in [5, 5.41) is 22.7. The molecule has 32 heavy (non-hydrogen) atoms. The third-order valence-electron chi connectivity index (χ3n) is 9.19. The van der Waals surface area contributed by atoms with Crippen LogP contribution in [-0.2, 0) is 16.0 Å². The summed E-state index contributed by atoms with van der Waals surface area (Å²) in [4.78, 5) is 15.2. The largest absolute Gasteiger partial charge is 0.461 e. The number of aliphatic hydroxyl groups is 2. The molecule has 0 spiro atoms. The Morgan fingerprint density at radius 2 is 1.91 bits per heavy atom. The van der Waals surface area contributed by atoms with Crippen LogP contribution in [0.5, 0.6) is 0 Å². The van der Waals surface area contributed by atoms with Crippen molar-refractivity contribution in [3.05, 3.63) is 47.5 Å². The molecule has 2 aliphatic carbocycles. The number of rotatable bonds is 4. The number of nitrogens with zero attached hydrogens (tertiary/aromatic N) is 1. The van der Waals surface area contributed by atoms with Crippen LogP contribution < -0.4 is 0 Å². The number of allylic oxidation sites excluding steroid dienone is 1. The first-order valence-corrected chi connectivity index (χ1v) is 12.4. The van der Waals surface area contributed by atoms with Crippen molar-refractivity contribution in [3.63, 3.8) is 0 Å². The van der Waals surface area contributed by atoms with Gasteiger partial charge >= 0.3 is 5.97 Å². The van der Waals surface area contributed by atoms with Gasteiger partial charge in [0.25, 0.3) is 0 Å². The molecule has 1 saturated carbocycles. The average Bonchev–Trinajstić information content (AvgIpc) is 3.08. The highest BCUT2D eigenvalue weighted by Gasteiger charge is 2.59. The molecular formula is C27H37NO4. The minimum absolute atomic E-state index is 0.143. The van der Waals surface area contributed by atoms with Gasteiger partial charge in [-0.3, -0.25) is 4.79 Å². The number of carbonyl (C=O) groups is 1. The third kappa shape index (κ3) is 3.72. The van der Waals surface area contributed by atoms with Gasteiger partial charge in [-0.2, -0.15) is 0 Å². The van der Waals surface area contributed by atoms with E-state index in [1.807, 2.05) is 18.2 Å². The lowest BCUT2D eigenvalue weighted by molar-refractivity contribution is -0.145. The Hall–Kier alpha value is -1.69. The van der Waals surface area contributed by atoms with Crippen LogP contribution >= 0.6 is 0 Å². The minimum Gasteiger partial charge on any atom is -0.461 e. The van der Waals surface area contributed by atoms with Crippen molar-refractivity contribution in [3.8, 4) is 0 Å². The lowest BCUT2D eigenvalue weighted by atomic mass is 9.55. The minimum atomic E-state index is -0.689. The summed E-state index contributed by atoms with van der Waals surface area (Å²) in [5.74, 6) is -0.185. The van der Waals surface area contributed by atoms with Crippen LogP contribution in [0.15, 0.2) is 42.0 Å². The molecule has 0 bridgehead atoms. The van der Waals surface area contributed by atoms with E-state index in [1.165, 1.54) is 5.57 Å². The Labute approximate surface area is 191 Å². The summed E-state index contributed by atoms with van der Waals surface area (Å²) in [6, 6.07) is 10.2. The SMILES string of the molecule is C[C@@H]1CCC=C2C[C@H]3OC(=O)[C@H](CN4CCC(O)(Cc5ccccc5)CC4)[C@@H]3[C@@H](O)[C@@]21C. The Kier molecular flexibility index (Phi) is 5.71. The number of piperidine rings is 1. The first-order chi connectivity index (χ1) is 15.3. The number of fused-ring (bicyclic) bond motifs is 2. The van der Waals surface area contributed by atoms with Crippen molar-refractivity contribution in [2.75, 3.05) is 19.6 Å². The highest BCUT2D eigenvalue weighted by molar-refractivity contribution is 5.76. The lowest BCUT2D eigenvalue weighted by Gasteiger charge is -2.52. The second kappa shape index (κ2) is 8.27. The Morgan fingerprint density at radius 3 is 2.62 bits per heavy atom. The first kappa shape index (κ1) is 22.1. The lowest BCUT2D eigenvalue weighted by Crippen LogP contribution is -2.55. The molecule has 1 aromatic rings. The van der Waals surface area contributed by atoms with Gasteiger partial charge in [0.15, 0.2) is 0 Å². The molecule has 3 fully saturated rings. The molecule has 5 rings (SSSR count). The van der Waals surface area contributed by atoms with Crippen molar-refractivity contribution in [2.45, 2.75) is 70.2 Å². The van der Waals surface area contributed by atoms with Gasteiger partial charge in [0.2, 0.25) is 0 Å². The number of ether oxygens (including phenoxy) is 1. The number of benzene rings is 1. The van der Waals surface area contributed by atoms with Crippen LogP contribution in [0, 0.1) is 23.2 Å². The van der Waals surface area contributed by atoms with Crippen LogP contribution in [0.1, 0.15) is 51.5 Å². The number of likely N-dealkylation sites (tertiary alicyclic amines) is 1. The smallest absolute Gasteiger partial charge is 0.311 e. The Balaban J connectivity index is 1.26. The molecular weight excluding hydrogens is 402 g/mol. The standard InChI is InChI=1S/C27H37NO4/c1-18-7-6-10-20-15-22-23(24(29)26(18,20)2)21(25(30)32-22)17-28-13-11-27(31,12-14-28)16-19-8-4-3-5-9-19/h3-5,8-10,18,21-24,29,31H,6-7,11-17H2,1-2H3/t18-,21-,22-,23+,24-,26-/m1/s1. The number of esters is 1. The monoisotopic (exact) mass is 439 g/mol. The van der Waals surface area contributed by atoms with E-state index in [4.69, 9.17) is 4.74 Å². The molecule has 174 valence electrons. The van der Waals surface area contributed by atoms with Gasteiger partial charge < -0.3 is 19.8 Å². The summed E-state index contributed by atoms with van der Waals surface area (Å²) in [7, 11) is 0. The molecule has 6 atom stereocenters. The van der Waals surface area contributed by atoms with Gasteiger partial charge in [-0.05, 0) is 37.2 Å². The van der Waals surface area contributed by atoms with Crippen molar-refractivity contribution < 1.29 is 19.7 Å². The van der Waals surface area contributed by atoms with E-state index in [-0.39, 0.29) is 29.3 Å². The average molecular weight is 440 g/mol. The van der Waals surface area contributed by atoms with Crippen molar-refractivity contribution in [1.82, 2.24) is 4.90 Å². The summed E-state index contributed by atoms with van der Waals surface area (Å²) in [5.41, 5.74) is 1.49. The summed E-state index contributed by atoms with van der Waals surface area (Å²) >= 11 is 0. The van der Waals surface area contributed by atoms with Crippen LogP contribution in [0.2, 0.25) is 0 Å². The number of aliphatic hydroxyl groups excluding tert-OH is 1. The van der Waals surface area contributed by atoms with Gasteiger partial charge in [-0.1, -0.05) is 55.8 Å². The molecule has 5 nitrogen and oxygen atoms in total. The van der Waals surface area contributed by atoms with E-state index in [0.29, 0.717) is 31.7 Å². The molecule has 2 aliphatic heterocycles. The summed E-state index contributed by atoms with van der Waals surface area (Å²) in [6.07, 6.45) is 6.48. The van der Waals surface area contributed by atoms with Gasteiger partial charge in [-0.25, -0.2) is 0 Å². The summed E-state index contributed by atoms with van der Waals surface area (Å²) < 4.78 is 5.82. The fourth-order valence-electron chi connectivity index (χ4n) is 6.86. The van der Waals surface area contributed by atoms with E-state index in [2.05, 4.69) is 37.0 Å². The van der Waals surface area contributed by atoms with E-state index >= 15 is 0 Å². The quantitative estimate of drug-likeness (QED) is 0.556. The first-order valence-electron chi connectivity index (χ1n) is 12.4. The van der Waals surface area contributed by atoms with Crippen LogP contribution in [0.4, 0.5) is 0 Å². The zero-order chi connectivity index (χ0) is 22.5. The highest BCUT2D eigenvalue weighted by Crippen LogP contribution is 2.56. The van der Waals surface area contributed by atoms with Crippen molar-refractivity contribution in [2.24, 2.45) is 23.2 Å². The predicted octanol–water partition coefficient (Wildman–Crippen LogP) is 3.34. The zero-order valence-electron chi connectivity index (χ0n) is 19.4. The zero-order valence-corrected chi connectivity index (χ0v) is 19.4. The van der Waals surface area contributed by atoms with Crippen molar-refractivity contribution in [1.29, 1.82) is 0 Å². The third-order valence-corrected chi connectivity index (χ3v) is 9.19. The Bertz CT molecular complexity index is 875. The van der Waals surface area contributed by atoms with Gasteiger partial charge in [-0.15, -0.1) is 0 Å². The number of hydrogen-bond acceptors (Lipinski definition) is 5. The molecule has 0 aromatic heterocycles. The maximum absolute atomic E-state index is 12.9. The molecule has 0 radical (unpaired) electrons. The number of carbonyl (C=O) groups excluding carboxylic acids is 1. The molecule has 0 amide bonds. The topological polar surface area (TPSA) is 70.0 Å². The number of hydrogen-bond donors (Lipinski definition) is 2. The molecule has 1 aromatic carbocycles. The molecule has 0 unspecified atom stereocenters. The van der Waals surface area contributed by atoms with Crippen LogP contribution in [0.3, 0.4) is 0 Å². The second-order valence-electron chi connectivity index (χ2n) is 11.0. The van der Waals surface area contributed by atoms with E-state index < -0.39 is 11.7 Å². The van der Waals surface area contributed by atoms with Gasteiger partial charge in [0.1, 0.15) is 6.10 Å². The van der Waals surface area contributed by atoms with Gasteiger partial charge in [0.05, 0.1) is 17.6 Å². The molecule has 2 heterocycles. The molecule has 2 N–H and O–H groups in total. The fourth-order valence-corrected chi connectivity index (χ4v) is 6.86. The normalized spacial score (nSPS) is 39.1. The Morgan fingerprint density at radius 1 is 1.19 bits per heavy atom. The van der Waals surface area contributed by atoms with Crippen LogP contribution in [0.25, 0.3) is 0 Å². The second-order valence-corrected chi connectivity index (χ2v) is 11.0. The van der Waals surface area contributed by atoms with Crippen LogP contribution in [-0.4, -0.2) is 58.5 Å². The van der Waals surface area contributed by atoms with Gasteiger partial charge in [0, 0.05) is 43.8 Å². The highest BCUT2D eigenvalue weighted by atomic mass is 16.6. The molecule has 5 heteroatoms. The van der Waals surface area contributed by atoms with Crippen molar-refractivity contribution >= 4 is 5.97 Å².